The first-order chi connectivity index (χ1) is 27.6. The molecule has 0 saturated heterocycles. The van der Waals surface area contributed by atoms with Gasteiger partial charge in [0, 0.05) is 59.3 Å². The summed E-state index contributed by atoms with van der Waals surface area (Å²) in [5.41, 5.74) is -1.64. The van der Waals surface area contributed by atoms with E-state index >= 15 is 0 Å². The number of rotatable bonds is 39. The molecule has 15 heteroatoms. The smallest absolute Gasteiger partial charge is 0.337 e. The lowest BCUT2D eigenvalue weighted by Crippen LogP contribution is -2.55. The first kappa shape index (κ1) is 53.8. The lowest BCUT2D eigenvalue weighted by atomic mass is 10.4. The van der Waals surface area contributed by atoms with Gasteiger partial charge in [0.1, 0.15) is 0 Å². The molecule has 0 amide bonds. The molecule has 0 fully saturated rings. The highest BCUT2D eigenvalue weighted by Gasteiger charge is 2.37. The minimum absolute atomic E-state index is 0.197. The van der Waals surface area contributed by atoms with E-state index in [9.17, 15) is 14.4 Å². The molecule has 0 aliphatic heterocycles. The van der Waals surface area contributed by atoms with Gasteiger partial charge in [-0.05, 0) is 94.1 Å². The third-order valence-electron chi connectivity index (χ3n) is 11.0. The molecular weight excluding hydrogens is 775 g/mol. The average molecular weight is 862 g/mol. The van der Waals surface area contributed by atoms with Crippen molar-refractivity contribution in [3.05, 3.63) is 31.5 Å². The summed E-state index contributed by atoms with van der Waals surface area (Å²) in [5, 5.41) is 0. The number of unbranched alkanes of at least 4 members (excludes halogenated alkanes) is 6. The molecule has 57 heavy (non-hydrogen) atoms. The largest absolute Gasteiger partial charge is 0.394 e. The van der Waals surface area contributed by atoms with Crippen molar-refractivity contribution in [2.75, 3.05) is 39.6 Å². The maximum Gasteiger partial charge on any atom is 0.337 e. The fraction of sp³-hybridized carbons (Fsp3) is 0.929. The van der Waals surface area contributed by atoms with Crippen molar-refractivity contribution < 1.29 is 26.6 Å². The normalized spacial score (nSPS) is 12.6. The van der Waals surface area contributed by atoms with E-state index < -0.39 is 42.8 Å². The topological polar surface area (TPSA) is 121 Å². The Bertz CT molecular complexity index is 1120. The summed E-state index contributed by atoms with van der Waals surface area (Å²) in [6, 6.07) is 4.41. The van der Waals surface area contributed by atoms with Gasteiger partial charge in [0.15, 0.2) is 0 Å². The fourth-order valence-corrected chi connectivity index (χ4v) is 15.5. The van der Waals surface area contributed by atoms with Crippen LogP contribution in [0.5, 0.6) is 0 Å². The van der Waals surface area contributed by atoms with Crippen LogP contribution in [-0.2, 0) is 46.2 Å². The van der Waals surface area contributed by atoms with E-state index in [0.29, 0.717) is 77.0 Å². The van der Waals surface area contributed by atoms with Gasteiger partial charge in [0.25, 0.3) is 0 Å². The van der Waals surface area contributed by atoms with Crippen LogP contribution in [0.25, 0.3) is 0 Å². The minimum atomic E-state index is -2.56. The molecule has 0 aromatic carbocycles. The van der Waals surface area contributed by atoms with E-state index in [4.69, 9.17) is 26.6 Å². The van der Waals surface area contributed by atoms with Crippen LogP contribution in [0.4, 0.5) is 0 Å². The molecule has 0 unspecified atom stereocenters. The van der Waals surface area contributed by atoms with Crippen LogP contribution >= 0.6 is 0 Å². The van der Waals surface area contributed by atoms with Crippen molar-refractivity contribution in [1.29, 1.82) is 0 Å². The van der Waals surface area contributed by atoms with E-state index in [2.05, 4.69) is 62.3 Å². The number of aromatic nitrogens is 3. The molecule has 1 aromatic heterocycles. The van der Waals surface area contributed by atoms with E-state index in [1.807, 2.05) is 0 Å². The Hall–Kier alpha value is -1.18. The summed E-state index contributed by atoms with van der Waals surface area (Å²) < 4.78 is 42.9. The number of hydrogen-bond acceptors (Lipinski definition) is 9. The lowest BCUT2D eigenvalue weighted by molar-refractivity contribution is 0.162. The zero-order valence-electron chi connectivity index (χ0n) is 38.2. The van der Waals surface area contributed by atoms with E-state index in [-0.39, 0.29) is 19.6 Å². The molecule has 0 radical (unpaired) electrons. The van der Waals surface area contributed by atoms with Crippen LogP contribution in [0.15, 0.2) is 14.4 Å². The van der Waals surface area contributed by atoms with E-state index in [1.54, 1.807) is 0 Å². The summed E-state index contributed by atoms with van der Waals surface area (Å²) in [4.78, 5) is 42.6. The zero-order valence-corrected chi connectivity index (χ0v) is 41.2. The van der Waals surface area contributed by atoms with Crippen LogP contribution in [0.3, 0.4) is 0 Å². The van der Waals surface area contributed by atoms with Gasteiger partial charge in [-0.15, -0.1) is 0 Å². The Kier molecular flexibility index (Phi) is 29.9. The summed E-state index contributed by atoms with van der Waals surface area (Å²) in [5.74, 6) is 0. The quantitative estimate of drug-likeness (QED) is 0.0471. The summed E-state index contributed by atoms with van der Waals surface area (Å²) in [6.07, 6.45) is 13.7. The van der Waals surface area contributed by atoms with Crippen LogP contribution < -0.4 is 17.1 Å². The number of hydrogen-bond donors (Lipinski definition) is 0. The Labute approximate surface area is 350 Å². The molecule has 0 aliphatic carbocycles. The van der Waals surface area contributed by atoms with Crippen molar-refractivity contribution in [2.45, 2.75) is 215 Å². The molecule has 336 valence electrons. The van der Waals surface area contributed by atoms with Gasteiger partial charge >= 0.3 is 42.8 Å². The Morgan fingerprint density at radius 2 is 0.526 bits per heavy atom. The standard InChI is InChI=1S/C42H87N3O9Si3/c1-10-19-31-49-55(16-7,50-32-20-11-2)37-25-28-43-40(46)44(29-26-38-56(17-8,51-33-21-12-3)52-34-22-13-4)42(48)45(41(43)47)30-27-39-57(18-9,53-35-23-14-5)54-36-24-15-6/h10-39H2,1-9H3. The van der Waals surface area contributed by atoms with Gasteiger partial charge in [-0.2, -0.15) is 0 Å². The van der Waals surface area contributed by atoms with Crippen LogP contribution in [-0.4, -0.2) is 79.0 Å². The average Bonchev–Trinajstić information content (AvgIpc) is 3.21. The molecule has 12 nitrogen and oxygen atoms in total. The van der Waals surface area contributed by atoms with Crippen molar-refractivity contribution >= 4 is 25.7 Å². The van der Waals surface area contributed by atoms with Crippen molar-refractivity contribution in [1.82, 2.24) is 13.7 Å². The predicted molar refractivity (Wildman–Crippen MR) is 241 cm³/mol. The Morgan fingerprint density at radius 1 is 0.333 bits per heavy atom. The van der Waals surface area contributed by atoms with Crippen LogP contribution in [0.2, 0.25) is 36.3 Å². The van der Waals surface area contributed by atoms with Gasteiger partial charge in [-0.25, -0.2) is 28.1 Å². The Morgan fingerprint density at radius 3 is 0.684 bits per heavy atom. The molecule has 0 spiro atoms. The first-order valence-corrected chi connectivity index (χ1v) is 30.0. The highest BCUT2D eigenvalue weighted by molar-refractivity contribution is 6.68. The maximum absolute atomic E-state index is 14.2. The fourth-order valence-electron chi connectivity index (χ4n) is 6.89. The SMILES string of the molecule is CCCCO[Si](CC)(CCCn1c(=O)n(CCC[Si](CC)(OCCCC)OCCCC)c(=O)n(CCC[Si](CC)(OCCCC)OCCCC)c1=O)OCCCC. The molecule has 1 aromatic rings. The second kappa shape index (κ2) is 31.7. The lowest BCUT2D eigenvalue weighted by Gasteiger charge is -2.30. The molecule has 1 heterocycles. The van der Waals surface area contributed by atoms with Crippen molar-refractivity contribution in [3.63, 3.8) is 0 Å². The van der Waals surface area contributed by atoms with Gasteiger partial charge in [-0.3, -0.25) is 0 Å². The maximum atomic E-state index is 14.2. The van der Waals surface area contributed by atoms with Crippen molar-refractivity contribution in [3.8, 4) is 0 Å². The third kappa shape index (κ3) is 19.4. The summed E-state index contributed by atoms with van der Waals surface area (Å²) in [7, 11) is -7.68. The number of nitrogens with zero attached hydrogens (tertiary/aromatic N) is 3. The van der Waals surface area contributed by atoms with Crippen molar-refractivity contribution in [2.24, 2.45) is 0 Å². The molecule has 0 aliphatic rings. The molecular formula is C42H87N3O9Si3. The van der Waals surface area contributed by atoms with Gasteiger partial charge < -0.3 is 26.6 Å². The molecule has 1 rings (SSSR count). The molecule has 0 atom stereocenters. The second-order valence-corrected chi connectivity index (χ2v) is 26.4. The Balaban J connectivity index is 3.56. The van der Waals surface area contributed by atoms with Gasteiger partial charge in [0.05, 0.1) is 0 Å². The zero-order chi connectivity index (χ0) is 42.4. The van der Waals surface area contributed by atoms with Crippen LogP contribution in [0.1, 0.15) is 159 Å². The third-order valence-corrected chi connectivity index (χ3v) is 22.0. The molecule has 0 bridgehead atoms. The summed E-state index contributed by atoms with van der Waals surface area (Å²) in [6.45, 7) is 23.8. The highest BCUT2D eigenvalue weighted by atomic mass is 28.4. The summed E-state index contributed by atoms with van der Waals surface area (Å²) >= 11 is 0. The second-order valence-electron chi connectivity index (χ2n) is 15.6. The van der Waals surface area contributed by atoms with Crippen LogP contribution in [0, 0.1) is 0 Å². The first-order valence-electron chi connectivity index (χ1n) is 23.3. The van der Waals surface area contributed by atoms with Gasteiger partial charge in [-0.1, -0.05) is 101 Å². The predicted octanol–water partition coefficient (Wildman–Crippen LogP) is 9.63. The van der Waals surface area contributed by atoms with Gasteiger partial charge in [0.2, 0.25) is 0 Å². The van der Waals surface area contributed by atoms with E-state index in [0.717, 1.165) is 95.2 Å². The molecule has 0 saturated carbocycles. The minimum Gasteiger partial charge on any atom is -0.394 e. The monoisotopic (exact) mass is 862 g/mol. The molecule has 0 N–H and O–H groups in total. The van der Waals surface area contributed by atoms with E-state index in [1.165, 1.54) is 13.7 Å². The highest BCUT2D eigenvalue weighted by Crippen LogP contribution is 2.25.